The van der Waals surface area contributed by atoms with Crippen LogP contribution in [0.2, 0.25) is 0 Å². The highest BCUT2D eigenvalue weighted by atomic mass is 16.5. The molecule has 1 aromatic carbocycles. The van der Waals surface area contributed by atoms with Gasteiger partial charge < -0.3 is 10.1 Å². The number of hydrogen-bond donors (Lipinski definition) is 1. The van der Waals surface area contributed by atoms with E-state index < -0.39 is 5.41 Å². The molecular formula is C16H16N2O2. The molecular weight excluding hydrogens is 252 g/mol. The Morgan fingerprint density at radius 3 is 2.50 bits per heavy atom. The maximum absolute atomic E-state index is 12.5. The average Bonchev–Trinajstić information content (AvgIpc) is 3.30. The lowest BCUT2D eigenvalue weighted by atomic mass is 9.95. The van der Waals surface area contributed by atoms with Crippen molar-refractivity contribution in [3.63, 3.8) is 0 Å². The SMILES string of the molecule is COc1ccc(C2(C(=O)Nc3ccccn3)CC2)cc1. The Kier molecular flexibility index (Phi) is 3.14. The predicted octanol–water partition coefficient (Wildman–Crippen LogP) is 2.76. The lowest BCUT2D eigenvalue weighted by Crippen LogP contribution is -2.28. The monoisotopic (exact) mass is 268 g/mol. The Bertz CT molecular complexity index is 604. The Labute approximate surface area is 117 Å². The number of aromatic nitrogens is 1. The quantitative estimate of drug-likeness (QED) is 0.927. The first-order valence-corrected chi connectivity index (χ1v) is 6.62. The van der Waals surface area contributed by atoms with Gasteiger partial charge in [-0.15, -0.1) is 0 Å². The number of hydrogen-bond acceptors (Lipinski definition) is 3. The molecule has 1 N–H and O–H groups in total. The number of nitrogens with zero attached hydrogens (tertiary/aromatic N) is 1. The predicted molar refractivity (Wildman–Crippen MR) is 76.8 cm³/mol. The molecule has 0 radical (unpaired) electrons. The van der Waals surface area contributed by atoms with Crippen LogP contribution in [-0.2, 0) is 10.2 Å². The van der Waals surface area contributed by atoms with Gasteiger partial charge in [0.1, 0.15) is 11.6 Å². The van der Waals surface area contributed by atoms with Gasteiger partial charge >= 0.3 is 0 Å². The van der Waals surface area contributed by atoms with Crippen LogP contribution in [0.1, 0.15) is 18.4 Å². The van der Waals surface area contributed by atoms with Crippen LogP contribution in [0.15, 0.2) is 48.7 Å². The molecule has 20 heavy (non-hydrogen) atoms. The first-order chi connectivity index (χ1) is 9.74. The fourth-order valence-corrected chi connectivity index (χ4v) is 2.35. The second-order valence-electron chi connectivity index (χ2n) is 4.98. The van der Waals surface area contributed by atoms with Gasteiger partial charge in [0.2, 0.25) is 5.91 Å². The second-order valence-corrected chi connectivity index (χ2v) is 4.98. The van der Waals surface area contributed by atoms with Crippen LogP contribution in [0.3, 0.4) is 0 Å². The zero-order valence-corrected chi connectivity index (χ0v) is 11.3. The third kappa shape index (κ3) is 2.25. The third-order valence-electron chi connectivity index (χ3n) is 3.73. The summed E-state index contributed by atoms with van der Waals surface area (Å²) in [6.07, 6.45) is 3.42. The lowest BCUT2D eigenvalue weighted by molar-refractivity contribution is -0.118. The summed E-state index contributed by atoms with van der Waals surface area (Å²) in [6.45, 7) is 0. The van der Waals surface area contributed by atoms with Gasteiger partial charge in [-0.2, -0.15) is 0 Å². The largest absolute Gasteiger partial charge is 0.497 e. The van der Waals surface area contributed by atoms with E-state index in [1.165, 1.54) is 0 Å². The van der Waals surface area contributed by atoms with Crippen LogP contribution >= 0.6 is 0 Å². The van der Waals surface area contributed by atoms with E-state index in [9.17, 15) is 4.79 Å². The number of amides is 1. The van der Waals surface area contributed by atoms with Gasteiger partial charge in [-0.1, -0.05) is 18.2 Å². The van der Waals surface area contributed by atoms with E-state index in [1.54, 1.807) is 19.4 Å². The highest BCUT2D eigenvalue weighted by Gasteiger charge is 2.51. The van der Waals surface area contributed by atoms with Crippen molar-refractivity contribution < 1.29 is 9.53 Å². The van der Waals surface area contributed by atoms with Gasteiger partial charge in [-0.3, -0.25) is 4.79 Å². The Hall–Kier alpha value is -2.36. The van der Waals surface area contributed by atoms with E-state index in [1.807, 2.05) is 36.4 Å². The Morgan fingerprint density at radius 1 is 1.20 bits per heavy atom. The molecule has 2 aromatic rings. The zero-order valence-electron chi connectivity index (χ0n) is 11.3. The summed E-state index contributed by atoms with van der Waals surface area (Å²) in [6, 6.07) is 13.2. The molecule has 1 amide bonds. The smallest absolute Gasteiger partial charge is 0.236 e. The molecule has 0 bridgehead atoms. The fraction of sp³-hybridized carbons (Fsp3) is 0.250. The van der Waals surface area contributed by atoms with Gasteiger partial charge in [0.15, 0.2) is 0 Å². The first kappa shape index (κ1) is 12.7. The summed E-state index contributed by atoms with van der Waals surface area (Å²) in [5.41, 5.74) is 0.635. The molecule has 3 rings (SSSR count). The molecule has 1 fully saturated rings. The molecule has 0 saturated heterocycles. The topological polar surface area (TPSA) is 51.2 Å². The Morgan fingerprint density at radius 2 is 1.95 bits per heavy atom. The molecule has 4 heteroatoms. The van der Waals surface area contributed by atoms with E-state index in [4.69, 9.17) is 4.74 Å². The van der Waals surface area contributed by atoms with Gasteiger partial charge in [-0.25, -0.2) is 4.98 Å². The first-order valence-electron chi connectivity index (χ1n) is 6.62. The number of carbonyl (C=O) groups excluding carboxylic acids is 1. The summed E-state index contributed by atoms with van der Waals surface area (Å²) < 4.78 is 5.15. The summed E-state index contributed by atoms with van der Waals surface area (Å²) in [7, 11) is 1.63. The van der Waals surface area contributed by atoms with Crippen LogP contribution in [0.5, 0.6) is 5.75 Å². The van der Waals surface area contributed by atoms with Crippen molar-refractivity contribution in [2.24, 2.45) is 0 Å². The molecule has 4 nitrogen and oxygen atoms in total. The summed E-state index contributed by atoms with van der Waals surface area (Å²) in [5.74, 6) is 1.41. The van der Waals surface area contributed by atoms with Gasteiger partial charge in [-0.05, 0) is 42.7 Å². The highest BCUT2D eigenvalue weighted by molar-refractivity contribution is 6.00. The molecule has 0 unspecified atom stereocenters. The number of carbonyl (C=O) groups is 1. The number of anilines is 1. The lowest BCUT2D eigenvalue weighted by Gasteiger charge is -2.15. The van der Waals surface area contributed by atoms with E-state index >= 15 is 0 Å². The molecule has 102 valence electrons. The maximum Gasteiger partial charge on any atom is 0.236 e. The highest BCUT2D eigenvalue weighted by Crippen LogP contribution is 2.49. The van der Waals surface area contributed by atoms with Crippen molar-refractivity contribution in [1.82, 2.24) is 4.98 Å². The number of nitrogens with one attached hydrogen (secondary N) is 1. The number of rotatable bonds is 4. The van der Waals surface area contributed by atoms with Crippen molar-refractivity contribution in [2.75, 3.05) is 12.4 Å². The number of methoxy groups -OCH3 is 1. The molecule has 1 aromatic heterocycles. The normalized spacial score (nSPS) is 15.4. The minimum absolute atomic E-state index is 0.0152. The molecule has 1 saturated carbocycles. The van der Waals surface area contributed by atoms with Crippen LogP contribution in [-0.4, -0.2) is 18.0 Å². The number of benzene rings is 1. The van der Waals surface area contributed by atoms with Crippen molar-refractivity contribution in [3.8, 4) is 5.75 Å². The molecule has 0 spiro atoms. The van der Waals surface area contributed by atoms with Crippen molar-refractivity contribution >= 4 is 11.7 Å². The molecule has 1 aliphatic rings. The minimum atomic E-state index is -0.399. The minimum Gasteiger partial charge on any atom is -0.497 e. The molecule has 1 aliphatic carbocycles. The summed E-state index contributed by atoms with van der Waals surface area (Å²) in [4.78, 5) is 16.6. The van der Waals surface area contributed by atoms with E-state index in [0.717, 1.165) is 24.2 Å². The van der Waals surface area contributed by atoms with Crippen LogP contribution in [0.4, 0.5) is 5.82 Å². The van der Waals surface area contributed by atoms with Gasteiger partial charge in [0, 0.05) is 6.20 Å². The van der Waals surface area contributed by atoms with E-state index in [0.29, 0.717) is 5.82 Å². The number of pyridine rings is 1. The van der Waals surface area contributed by atoms with Crippen molar-refractivity contribution in [1.29, 1.82) is 0 Å². The van der Waals surface area contributed by atoms with Gasteiger partial charge in [0.05, 0.1) is 12.5 Å². The summed E-state index contributed by atoms with van der Waals surface area (Å²) >= 11 is 0. The second kappa shape index (κ2) is 4.96. The number of ether oxygens (including phenoxy) is 1. The van der Waals surface area contributed by atoms with Crippen LogP contribution in [0.25, 0.3) is 0 Å². The Balaban J connectivity index is 1.79. The van der Waals surface area contributed by atoms with Crippen LogP contribution < -0.4 is 10.1 Å². The van der Waals surface area contributed by atoms with Crippen LogP contribution in [0, 0.1) is 0 Å². The molecule has 1 heterocycles. The zero-order chi connectivity index (χ0) is 14.0. The fourth-order valence-electron chi connectivity index (χ4n) is 2.35. The van der Waals surface area contributed by atoms with Crippen molar-refractivity contribution in [3.05, 3.63) is 54.2 Å². The third-order valence-corrected chi connectivity index (χ3v) is 3.73. The molecule has 0 aliphatic heterocycles. The van der Waals surface area contributed by atoms with E-state index in [2.05, 4.69) is 10.3 Å². The van der Waals surface area contributed by atoms with Gasteiger partial charge in [0.25, 0.3) is 0 Å². The standard InChI is InChI=1S/C16H16N2O2/c1-20-13-7-5-12(6-8-13)16(9-10-16)15(19)18-14-4-2-3-11-17-14/h2-8,11H,9-10H2,1H3,(H,17,18,19). The maximum atomic E-state index is 12.5. The van der Waals surface area contributed by atoms with E-state index in [-0.39, 0.29) is 5.91 Å². The summed E-state index contributed by atoms with van der Waals surface area (Å²) in [5, 5.41) is 2.89. The molecule has 0 atom stereocenters. The average molecular weight is 268 g/mol. The van der Waals surface area contributed by atoms with Crippen molar-refractivity contribution in [2.45, 2.75) is 18.3 Å².